The minimum absolute atomic E-state index is 0. The summed E-state index contributed by atoms with van der Waals surface area (Å²) in [5.41, 5.74) is 0.806. The Bertz CT molecular complexity index is 792. The molecule has 162 valence electrons. The van der Waals surface area contributed by atoms with Crippen molar-refractivity contribution in [1.82, 2.24) is 15.5 Å². The van der Waals surface area contributed by atoms with Gasteiger partial charge in [0.05, 0.1) is 12.6 Å². The van der Waals surface area contributed by atoms with Crippen LogP contribution in [0.4, 0.5) is 0 Å². The zero-order chi connectivity index (χ0) is 19.9. The topological polar surface area (TPSA) is 62.0 Å². The van der Waals surface area contributed by atoms with Crippen molar-refractivity contribution in [2.45, 2.75) is 39.7 Å². The standard InChI is InChI=1S/C22H34N4O2.HI/c1-5-23-22(24-14-17-9-8-12-26(4)15-17)25-16(3)20-13-18-10-7-11-19(27-6-2)21(18)28-20;/h7,10-11,13,16-17H,5-6,8-9,12,14-15H2,1-4H3,(H2,23,24,25);1H. The normalized spacial score (nSPS) is 18.9. The molecule has 0 aliphatic carbocycles. The number of nitrogens with zero attached hydrogens (tertiary/aromatic N) is 2. The number of aliphatic imine (C=N–C) groups is 1. The minimum atomic E-state index is 0. The Morgan fingerprint density at radius 3 is 2.93 bits per heavy atom. The number of benzene rings is 1. The first-order valence-corrected chi connectivity index (χ1v) is 10.5. The maximum absolute atomic E-state index is 6.12. The van der Waals surface area contributed by atoms with Gasteiger partial charge in [0.15, 0.2) is 17.3 Å². The van der Waals surface area contributed by atoms with E-state index in [1.54, 1.807) is 0 Å². The van der Waals surface area contributed by atoms with Crippen molar-refractivity contribution < 1.29 is 9.15 Å². The van der Waals surface area contributed by atoms with Crippen molar-refractivity contribution in [2.75, 3.05) is 39.8 Å². The van der Waals surface area contributed by atoms with Crippen LogP contribution in [0, 0.1) is 5.92 Å². The Morgan fingerprint density at radius 2 is 2.21 bits per heavy atom. The zero-order valence-corrected chi connectivity index (χ0v) is 20.4. The van der Waals surface area contributed by atoms with E-state index in [4.69, 9.17) is 14.1 Å². The van der Waals surface area contributed by atoms with Crippen LogP contribution in [0.1, 0.15) is 45.4 Å². The molecule has 2 aromatic rings. The van der Waals surface area contributed by atoms with Crippen molar-refractivity contribution in [3.05, 3.63) is 30.0 Å². The lowest BCUT2D eigenvalue weighted by atomic mass is 9.99. The van der Waals surface area contributed by atoms with Gasteiger partial charge in [-0.25, -0.2) is 0 Å². The van der Waals surface area contributed by atoms with Crippen molar-refractivity contribution in [1.29, 1.82) is 0 Å². The number of rotatable bonds is 7. The molecule has 2 atom stereocenters. The Kier molecular flexibility index (Phi) is 9.55. The number of furan rings is 1. The van der Waals surface area contributed by atoms with Gasteiger partial charge in [-0.3, -0.25) is 4.99 Å². The summed E-state index contributed by atoms with van der Waals surface area (Å²) in [6.07, 6.45) is 2.52. The smallest absolute Gasteiger partial charge is 0.191 e. The summed E-state index contributed by atoms with van der Waals surface area (Å²) >= 11 is 0. The molecular weight excluding hydrogens is 479 g/mol. The van der Waals surface area contributed by atoms with Crippen LogP contribution in [0.3, 0.4) is 0 Å². The van der Waals surface area contributed by atoms with E-state index in [-0.39, 0.29) is 30.0 Å². The molecule has 7 heteroatoms. The third-order valence-corrected chi connectivity index (χ3v) is 5.18. The fraction of sp³-hybridized carbons (Fsp3) is 0.591. The average molecular weight is 514 g/mol. The molecule has 2 unspecified atom stereocenters. The maximum atomic E-state index is 6.12. The number of para-hydroxylation sites is 1. The first-order chi connectivity index (χ1) is 13.6. The Labute approximate surface area is 191 Å². The van der Waals surface area contributed by atoms with Crippen molar-refractivity contribution >= 4 is 40.9 Å². The van der Waals surface area contributed by atoms with Gasteiger partial charge in [-0.1, -0.05) is 12.1 Å². The van der Waals surface area contributed by atoms with E-state index in [0.29, 0.717) is 12.5 Å². The fourth-order valence-corrected chi connectivity index (χ4v) is 3.78. The van der Waals surface area contributed by atoms with Crippen LogP contribution in [0.25, 0.3) is 11.0 Å². The van der Waals surface area contributed by atoms with Gasteiger partial charge in [0, 0.05) is 25.0 Å². The van der Waals surface area contributed by atoms with E-state index in [1.165, 1.54) is 19.4 Å². The molecule has 0 bridgehead atoms. The van der Waals surface area contributed by atoms with Crippen LogP contribution < -0.4 is 15.4 Å². The van der Waals surface area contributed by atoms with Gasteiger partial charge in [-0.15, -0.1) is 24.0 Å². The molecule has 1 fully saturated rings. The number of hydrogen-bond donors (Lipinski definition) is 2. The predicted octanol–water partition coefficient (Wildman–Crippen LogP) is 4.41. The highest BCUT2D eigenvalue weighted by molar-refractivity contribution is 14.0. The van der Waals surface area contributed by atoms with Crippen LogP contribution in [-0.2, 0) is 0 Å². The molecular formula is C22H35IN4O2. The highest BCUT2D eigenvalue weighted by atomic mass is 127. The maximum Gasteiger partial charge on any atom is 0.191 e. The summed E-state index contributed by atoms with van der Waals surface area (Å²) in [6, 6.07) is 8.08. The van der Waals surface area contributed by atoms with Crippen LogP contribution in [0.2, 0.25) is 0 Å². The molecule has 0 amide bonds. The third-order valence-electron chi connectivity index (χ3n) is 5.18. The molecule has 1 aromatic heterocycles. The van der Waals surface area contributed by atoms with Gasteiger partial charge in [0.25, 0.3) is 0 Å². The van der Waals surface area contributed by atoms with Gasteiger partial charge in [0.1, 0.15) is 5.76 Å². The first kappa shape index (κ1) is 23.8. The number of halogens is 1. The Balaban J connectivity index is 0.00000300. The van der Waals surface area contributed by atoms with Gasteiger partial charge in [0.2, 0.25) is 0 Å². The molecule has 0 saturated carbocycles. The largest absolute Gasteiger partial charge is 0.490 e. The molecule has 0 spiro atoms. The molecule has 1 aliphatic heterocycles. The quantitative estimate of drug-likeness (QED) is 0.326. The number of guanidine groups is 1. The third kappa shape index (κ3) is 6.50. The first-order valence-electron chi connectivity index (χ1n) is 10.5. The number of hydrogen-bond acceptors (Lipinski definition) is 4. The summed E-state index contributed by atoms with van der Waals surface area (Å²) in [4.78, 5) is 7.24. The number of nitrogens with one attached hydrogen (secondary N) is 2. The minimum Gasteiger partial charge on any atom is -0.490 e. The van der Waals surface area contributed by atoms with Crippen LogP contribution >= 0.6 is 24.0 Å². The summed E-state index contributed by atoms with van der Waals surface area (Å²) in [6.45, 7) is 10.8. The van der Waals surface area contributed by atoms with Crippen LogP contribution in [-0.4, -0.2) is 50.7 Å². The fourth-order valence-electron chi connectivity index (χ4n) is 3.78. The second kappa shape index (κ2) is 11.6. The molecule has 1 saturated heterocycles. The van der Waals surface area contributed by atoms with E-state index in [0.717, 1.165) is 48.1 Å². The lowest BCUT2D eigenvalue weighted by Crippen LogP contribution is -2.40. The van der Waals surface area contributed by atoms with Crippen molar-refractivity contribution in [2.24, 2.45) is 10.9 Å². The monoisotopic (exact) mass is 514 g/mol. The predicted molar refractivity (Wildman–Crippen MR) is 131 cm³/mol. The number of fused-ring (bicyclic) bond motifs is 1. The van der Waals surface area contributed by atoms with Crippen LogP contribution in [0.5, 0.6) is 5.75 Å². The number of likely N-dealkylation sites (tertiary alicyclic amines) is 1. The SMILES string of the molecule is CCNC(=NCC1CCCN(C)C1)NC(C)c1cc2cccc(OCC)c2o1.I. The second-order valence-corrected chi connectivity index (χ2v) is 7.61. The summed E-state index contributed by atoms with van der Waals surface area (Å²) < 4.78 is 11.8. The van der Waals surface area contributed by atoms with Crippen LogP contribution in [0.15, 0.2) is 33.7 Å². The van der Waals surface area contributed by atoms with E-state index in [9.17, 15) is 0 Å². The lowest BCUT2D eigenvalue weighted by Gasteiger charge is -2.28. The zero-order valence-electron chi connectivity index (χ0n) is 18.0. The average Bonchev–Trinajstić information content (AvgIpc) is 3.12. The molecule has 0 radical (unpaired) electrons. The van der Waals surface area contributed by atoms with Crippen molar-refractivity contribution in [3.8, 4) is 5.75 Å². The van der Waals surface area contributed by atoms with Gasteiger partial charge in [-0.2, -0.15) is 0 Å². The summed E-state index contributed by atoms with van der Waals surface area (Å²) in [5, 5.41) is 7.90. The molecule has 2 heterocycles. The lowest BCUT2D eigenvalue weighted by molar-refractivity contribution is 0.214. The Morgan fingerprint density at radius 1 is 1.38 bits per heavy atom. The highest BCUT2D eigenvalue weighted by Crippen LogP contribution is 2.31. The molecule has 6 nitrogen and oxygen atoms in total. The summed E-state index contributed by atoms with van der Waals surface area (Å²) in [5.74, 6) is 3.14. The van der Waals surface area contributed by atoms with Crippen molar-refractivity contribution in [3.63, 3.8) is 0 Å². The summed E-state index contributed by atoms with van der Waals surface area (Å²) in [7, 11) is 2.19. The highest BCUT2D eigenvalue weighted by Gasteiger charge is 2.18. The molecule has 1 aromatic carbocycles. The van der Waals surface area contributed by atoms with E-state index >= 15 is 0 Å². The van der Waals surface area contributed by atoms with E-state index in [2.05, 4.69) is 48.6 Å². The number of piperidine rings is 1. The second-order valence-electron chi connectivity index (χ2n) is 7.61. The number of ether oxygens (including phenoxy) is 1. The van der Waals surface area contributed by atoms with E-state index in [1.807, 2.05) is 19.1 Å². The molecule has 3 rings (SSSR count). The van der Waals surface area contributed by atoms with Gasteiger partial charge < -0.3 is 24.7 Å². The molecule has 29 heavy (non-hydrogen) atoms. The van der Waals surface area contributed by atoms with Gasteiger partial charge in [-0.05, 0) is 65.3 Å². The van der Waals surface area contributed by atoms with Gasteiger partial charge >= 0.3 is 0 Å². The van der Waals surface area contributed by atoms with E-state index < -0.39 is 0 Å². The molecule has 1 aliphatic rings. The Hall–Kier alpha value is -1.48. The molecule has 2 N–H and O–H groups in total.